The largest absolute Gasteiger partial charge is 0.338 e. The van der Waals surface area contributed by atoms with Crippen molar-refractivity contribution in [1.29, 1.82) is 0 Å². The van der Waals surface area contributed by atoms with Crippen LogP contribution >= 0.6 is 0 Å². The minimum absolute atomic E-state index is 0.188. The molecule has 4 heterocycles. The molecule has 2 aromatic rings. The maximum absolute atomic E-state index is 12.8. The van der Waals surface area contributed by atoms with Crippen molar-refractivity contribution in [2.75, 3.05) is 7.05 Å². The molecule has 2 atom stereocenters. The van der Waals surface area contributed by atoms with Gasteiger partial charge < -0.3 is 15.2 Å². The summed E-state index contributed by atoms with van der Waals surface area (Å²) in [5.41, 5.74) is 1.12. The highest BCUT2D eigenvalue weighted by atomic mass is 16.2. The number of aromatic nitrogens is 2. The van der Waals surface area contributed by atoms with E-state index in [-0.39, 0.29) is 23.1 Å². The number of nitrogens with zero attached hydrogens (tertiary/aromatic N) is 2. The van der Waals surface area contributed by atoms with Crippen LogP contribution in [0, 0.1) is 0 Å². The second-order valence-corrected chi connectivity index (χ2v) is 7.01. The van der Waals surface area contributed by atoms with Gasteiger partial charge in [-0.1, -0.05) is 6.07 Å². The molecule has 2 aliphatic heterocycles. The first-order valence-corrected chi connectivity index (χ1v) is 8.80. The quantitative estimate of drug-likeness (QED) is 0.894. The molecule has 1 amide bonds. The van der Waals surface area contributed by atoms with Gasteiger partial charge in [-0.2, -0.15) is 0 Å². The van der Waals surface area contributed by atoms with Crippen LogP contribution in [-0.2, 0) is 0 Å². The van der Waals surface area contributed by atoms with Gasteiger partial charge in [0, 0.05) is 31.4 Å². The lowest BCUT2D eigenvalue weighted by Gasteiger charge is -2.35. The van der Waals surface area contributed by atoms with E-state index in [0.29, 0.717) is 23.5 Å². The van der Waals surface area contributed by atoms with Crippen molar-refractivity contribution in [2.24, 2.45) is 0 Å². The van der Waals surface area contributed by atoms with Crippen LogP contribution in [0.2, 0.25) is 0 Å². The molecule has 2 aromatic heterocycles. The van der Waals surface area contributed by atoms with Gasteiger partial charge in [-0.25, -0.2) is 0 Å². The van der Waals surface area contributed by atoms with Crippen LogP contribution in [0.1, 0.15) is 36.0 Å². The van der Waals surface area contributed by atoms with Crippen LogP contribution in [-0.4, -0.2) is 45.9 Å². The summed E-state index contributed by atoms with van der Waals surface area (Å²) in [6.45, 7) is 0. The number of hydrogen-bond acceptors (Lipinski definition) is 4. The van der Waals surface area contributed by atoms with E-state index >= 15 is 0 Å². The summed E-state index contributed by atoms with van der Waals surface area (Å²) in [7, 11) is 1.81. The van der Waals surface area contributed by atoms with E-state index in [1.54, 1.807) is 23.2 Å². The number of amides is 1. The van der Waals surface area contributed by atoms with E-state index in [4.69, 9.17) is 0 Å². The third-order valence-electron chi connectivity index (χ3n) is 5.40. The van der Waals surface area contributed by atoms with E-state index < -0.39 is 0 Å². The maximum Gasteiger partial charge on any atom is 0.261 e. The van der Waals surface area contributed by atoms with Crippen molar-refractivity contribution in [1.82, 2.24) is 20.2 Å². The third-order valence-corrected chi connectivity index (χ3v) is 5.40. The molecule has 6 nitrogen and oxygen atoms in total. The van der Waals surface area contributed by atoms with Gasteiger partial charge in [0.2, 0.25) is 0 Å². The molecule has 0 aromatic carbocycles. The van der Waals surface area contributed by atoms with E-state index in [0.717, 1.165) is 12.8 Å². The Labute approximate surface area is 146 Å². The van der Waals surface area contributed by atoms with Gasteiger partial charge >= 0.3 is 0 Å². The fourth-order valence-electron chi connectivity index (χ4n) is 4.01. The number of carbonyl (C=O) groups is 1. The molecule has 2 aliphatic rings. The normalized spacial score (nSPS) is 24.9. The van der Waals surface area contributed by atoms with Gasteiger partial charge in [0.05, 0.1) is 11.4 Å². The molecule has 2 unspecified atom stereocenters. The van der Waals surface area contributed by atoms with Crippen molar-refractivity contribution in [3.05, 3.63) is 52.4 Å². The minimum atomic E-state index is -0.364. The van der Waals surface area contributed by atoms with E-state index in [1.807, 2.05) is 25.2 Å². The number of piperidine rings is 1. The first kappa shape index (κ1) is 16.0. The lowest BCUT2D eigenvalue weighted by Crippen LogP contribution is -2.49. The second kappa shape index (κ2) is 6.44. The molecule has 25 heavy (non-hydrogen) atoms. The summed E-state index contributed by atoms with van der Waals surface area (Å²) >= 11 is 0. The maximum atomic E-state index is 12.8. The van der Waals surface area contributed by atoms with Crippen LogP contribution in [0.3, 0.4) is 0 Å². The number of aromatic amines is 1. The second-order valence-electron chi connectivity index (χ2n) is 7.01. The summed E-state index contributed by atoms with van der Waals surface area (Å²) in [5, 5.41) is 3.58. The molecule has 2 saturated heterocycles. The highest BCUT2D eigenvalue weighted by Gasteiger charge is 2.36. The first-order chi connectivity index (χ1) is 12.1. The molecule has 0 spiro atoms. The Balaban J connectivity index is 1.55. The molecule has 2 bridgehead atoms. The zero-order valence-corrected chi connectivity index (χ0v) is 14.2. The predicted octanol–water partition coefficient (Wildman–Crippen LogP) is 1.79. The van der Waals surface area contributed by atoms with Gasteiger partial charge in [0.25, 0.3) is 11.5 Å². The van der Waals surface area contributed by atoms with E-state index in [1.165, 1.54) is 12.8 Å². The van der Waals surface area contributed by atoms with Crippen LogP contribution in [0.15, 0.2) is 41.3 Å². The van der Waals surface area contributed by atoms with Gasteiger partial charge in [-0.3, -0.25) is 14.6 Å². The Morgan fingerprint density at radius 3 is 2.56 bits per heavy atom. The van der Waals surface area contributed by atoms with Crippen molar-refractivity contribution < 1.29 is 4.79 Å². The van der Waals surface area contributed by atoms with Gasteiger partial charge in [-0.15, -0.1) is 0 Å². The zero-order valence-electron chi connectivity index (χ0n) is 14.2. The van der Waals surface area contributed by atoms with Crippen molar-refractivity contribution >= 4 is 5.91 Å². The van der Waals surface area contributed by atoms with Gasteiger partial charge in [-0.05, 0) is 49.9 Å². The summed E-state index contributed by atoms with van der Waals surface area (Å²) in [4.78, 5) is 34.0. The zero-order chi connectivity index (χ0) is 17.4. The monoisotopic (exact) mass is 338 g/mol. The number of rotatable bonds is 3. The van der Waals surface area contributed by atoms with Gasteiger partial charge in [0.1, 0.15) is 5.56 Å². The van der Waals surface area contributed by atoms with Crippen molar-refractivity contribution in [3.63, 3.8) is 0 Å². The average molecular weight is 338 g/mol. The van der Waals surface area contributed by atoms with E-state index in [2.05, 4.69) is 15.3 Å². The Bertz CT molecular complexity index is 821. The lowest BCUT2D eigenvalue weighted by atomic mass is 9.98. The number of hydrogen-bond donors (Lipinski definition) is 2. The Kier molecular flexibility index (Phi) is 4.13. The molecule has 2 N–H and O–H groups in total. The number of H-pyrrole nitrogens is 1. The average Bonchev–Trinajstić information content (AvgIpc) is 2.99. The van der Waals surface area contributed by atoms with Crippen LogP contribution < -0.4 is 10.9 Å². The topological polar surface area (TPSA) is 78.1 Å². The number of carbonyl (C=O) groups excluding carboxylic acids is 1. The Morgan fingerprint density at radius 1 is 1.16 bits per heavy atom. The van der Waals surface area contributed by atoms with Crippen molar-refractivity contribution in [2.45, 2.75) is 43.8 Å². The fraction of sp³-hybridized carbons (Fsp3) is 0.421. The molecule has 4 rings (SSSR count). The number of nitrogens with one attached hydrogen (secondary N) is 2. The van der Waals surface area contributed by atoms with Crippen LogP contribution in [0.25, 0.3) is 11.4 Å². The molecular formula is C19H22N4O2. The minimum Gasteiger partial charge on any atom is -0.338 e. The molecule has 0 aliphatic carbocycles. The summed E-state index contributed by atoms with van der Waals surface area (Å²) < 4.78 is 0. The van der Waals surface area contributed by atoms with Crippen molar-refractivity contribution in [3.8, 4) is 11.4 Å². The summed E-state index contributed by atoms with van der Waals surface area (Å²) in [6.07, 6.45) is 5.96. The van der Waals surface area contributed by atoms with Crippen LogP contribution in [0.4, 0.5) is 0 Å². The highest BCUT2D eigenvalue weighted by molar-refractivity contribution is 5.94. The summed E-state index contributed by atoms with van der Waals surface area (Å²) in [5.74, 6) is -0.208. The molecule has 6 heteroatoms. The van der Waals surface area contributed by atoms with Crippen LogP contribution in [0.5, 0.6) is 0 Å². The molecular weight excluding hydrogens is 316 g/mol. The Morgan fingerprint density at radius 2 is 1.92 bits per heavy atom. The third kappa shape index (κ3) is 3.09. The van der Waals surface area contributed by atoms with Gasteiger partial charge in [0.15, 0.2) is 0 Å². The lowest BCUT2D eigenvalue weighted by molar-refractivity contribution is 0.0680. The molecule has 0 saturated carbocycles. The Hall–Kier alpha value is -2.47. The number of pyridine rings is 2. The SMILES string of the molecule is CN(C(=O)c1ccc(-c2ccccn2)[nH]c1=O)C1CC2CCC(C1)N2. The molecule has 0 radical (unpaired) electrons. The smallest absolute Gasteiger partial charge is 0.261 e. The highest BCUT2D eigenvalue weighted by Crippen LogP contribution is 2.29. The fourth-order valence-corrected chi connectivity index (χ4v) is 4.01. The van der Waals surface area contributed by atoms with E-state index in [9.17, 15) is 9.59 Å². The standard InChI is InChI=1S/C19H22N4O2/c1-23(14-10-12-5-6-13(11-14)21-12)19(25)15-7-8-17(22-18(15)24)16-4-2-3-9-20-16/h2-4,7-9,12-14,21H,5-6,10-11H2,1H3,(H,22,24). The summed E-state index contributed by atoms with van der Waals surface area (Å²) in [6, 6.07) is 10.1. The molecule has 2 fully saturated rings. The first-order valence-electron chi connectivity index (χ1n) is 8.80. The molecule has 130 valence electrons. The predicted molar refractivity (Wildman–Crippen MR) is 95.4 cm³/mol. The number of fused-ring (bicyclic) bond motifs is 2.